The maximum Gasteiger partial charge on any atom is 0.260 e. The molecule has 10 heavy (non-hydrogen) atoms. The Labute approximate surface area is 58.1 Å². The topological polar surface area (TPSA) is 43.1 Å². The van der Waals surface area contributed by atoms with E-state index in [4.69, 9.17) is 4.42 Å². The van der Waals surface area contributed by atoms with Crippen molar-refractivity contribution in [2.24, 2.45) is 0 Å². The molecule has 0 N–H and O–H groups in total. The van der Waals surface area contributed by atoms with Gasteiger partial charge in [0, 0.05) is 6.42 Å². The number of hydrogen-bond donors (Lipinski definition) is 0. The Morgan fingerprint density at radius 2 is 2.40 bits per heavy atom. The van der Waals surface area contributed by atoms with Crippen molar-refractivity contribution in [3.8, 4) is 0 Å². The van der Waals surface area contributed by atoms with Crippen LogP contribution in [-0.2, 0) is 12.8 Å². The predicted molar refractivity (Wildman–Crippen MR) is 33.9 cm³/mol. The van der Waals surface area contributed by atoms with Gasteiger partial charge in [-0.05, 0) is 12.8 Å². The lowest BCUT2D eigenvalue weighted by molar-refractivity contribution is 0.109. The zero-order valence-corrected chi connectivity index (χ0v) is 5.46. The number of carbonyl (C=O) groups excluding carboxylic acids is 1. The average molecular weight is 137 g/mol. The van der Waals surface area contributed by atoms with E-state index in [-0.39, 0.29) is 5.89 Å². The largest absolute Gasteiger partial charge is 0.439 e. The van der Waals surface area contributed by atoms with Gasteiger partial charge in [-0.2, -0.15) is 0 Å². The highest BCUT2D eigenvalue weighted by Gasteiger charge is 2.17. The summed E-state index contributed by atoms with van der Waals surface area (Å²) in [5.41, 5.74) is 0.974. The monoisotopic (exact) mass is 137 g/mol. The van der Waals surface area contributed by atoms with Gasteiger partial charge in [0.05, 0.1) is 5.69 Å². The molecular formula is C7H7NO2. The molecule has 3 heteroatoms. The summed E-state index contributed by atoms with van der Waals surface area (Å²) in [6.07, 6.45) is 3.67. The highest BCUT2D eigenvalue weighted by molar-refractivity contribution is 5.67. The zero-order chi connectivity index (χ0) is 6.97. The quantitative estimate of drug-likeness (QED) is 0.542. The number of nitrogens with zero attached hydrogens (tertiary/aromatic N) is 1. The lowest BCUT2D eigenvalue weighted by Gasteiger charge is -1.80. The van der Waals surface area contributed by atoms with Crippen LogP contribution in [0.3, 0.4) is 0 Å². The molecule has 0 radical (unpaired) electrons. The number of carbonyl (C=O) groups is 1. The van der Waals surface area contributed by atoms with E-state index in [0.29, 0.717) is 6.29 Å². The fraction of sp³-hybridized carbons (Fsp3) is 0.429. The van der Waals surface area contributed by atoms with Gasteiger partial charge in [0.15, 0.2) is 0 Å². The average Bonchev–Trinajstić information content (AvgIpc) is 2.42. The van der Waals surface area contributed by atoms with E-state index in [1.807, 2.05) is 0 Å². The van der Waals surface area contributed by atoms with Crippen molar-refractivity contribution in [3.05, 3.63) is 17.3 Å². The number of fused-ring (bicyclic) bond motifs is 1. The van der Waals surface area contributed by atoms with E-state index >= 15 is 0 Å². The third-order valence-corrected chi connectivity index (χ3v) is 1.71. The van der Waals surface area contributed by atoms with E-state index in [9.17, 15) is 4.79 Å². The van der Waals surface area contributed by atoms with Crippen LogP contribution in [0.4, 0.5) is 0 Å². The molecule has 1 aliphatic carbocycles. The highest BCUT2D eigenvalue weighted by Crippen LogP contribution is 2.21. The molecule has 1 aliphatic rings. The summed E-state index contributed by atoms with van der Waals surface area (Å²) in [5, 5.41) is 0. The second-order valence-corrected chi connectivity index (χ2v) is 2.39. The van der Waals surface area contributed by atoms with Crippen LogP contribution < -0.4 is 0 Å². The molecule has 52 valence electrons. The Bertz CT molecular complexity index is 243. The molecule has 0 saturated heterocycles. The van der Waals surface area contributed by atoms with Gasteiger partial charge in [0.1, 0.15) is 5.76 Å². The molecule has 0 atom stereocenters. The normalized spacial score (nSPS) is 15.2. The predicted octanol–water partition coefficient (Wildman–Crippen LogP) is 0.976. The van der Waals surface area contributed by atoms with Crippen LogP contribution in [0.1, 0.15) is 28.6 Å². The molecule has 1 aromatic heterocycles. The van der Waals surface area contributed by atoms with E-state index < -0.39 is 0 Å². The molecule has 0 saturated carbocycles. The Hall–Kier alpha value is -1.12. The van der Waals surface area contributed by atoms with Crippen LogP contribution in [0.15, 0.2) is 4.42 Å². The van der Waals surface area contributed by atoms with Gasteiger partial charge in [0.2, 0.25) is 6.29 Å². The molecule has 1 aromatic rings. The van der Waals surface area contributed by atoms with Gasteiger partial charge in [-0.25, -0.2) is 4.98 Å². The SMILES string of the molecule is O=Cc1nc2c(o1)CCC2. The van der Waals surface area contributed by atoms with Crippen LogP contribution in [-0.4, -0.2) is 11.3 Å². The molecule has 0 spiro atoms. The summed E-state index contributed by atoms with van der Waals surface area (Å²) < 4.78 is 5.10. The molecule has 2 rings (SSSR count). The summed E-state index contributed by atoms with van der Waals surface area (Å²) in [5.74, 6) is 1.13. The van der Waals surface area contributed by atoms with Crippen molar-refractivity contribution in [1.29, 1.82) is 0 Å². The van der Waals surface area contributed by atoms with Crippen molar-refractivity contribution in [2.75, 3.05) is 0 Å². The third-order valence-electron chi connectivity index (χ3n) is 1.71. The van der Waals surface area contributed by atoms with Crippen LogP contribution in [0.5, 0.6) is 0 Å². The minimum absolute atomic E-state index is 0.227. The first kappa shape index (κ1) is 5.65. The maximum absolute atomic E-state index is 10.2. The van der Waals surface area contributed by atoms with Crippen molar-refractivity contribution < 1.29 is 9.21 Å². The molecule has 3 nitrogen and oxygen atoms in total. The van der Waals surface area contributed by atoms with Crippen molar-refractivity contribution in [2.45, 2.75) is 19.3 Å². The van der Waals surface area contributed by atoms with E-state index in [2.05, 4.69) is 4.98 Å². The van der Waals surface area contributed by atoms with Gasteiger partial charge in [-0.15, -0.1) is 0 Å². The van der Waals surface area contributed by atoms with E-state index in [0.717, 1.165) is 30.7 Å². The number of hydrogen-bond acceptors (Lipinski definition) is 3. The van der Waals surface area contributed by atoms with Crippen molar-refractivity contribution in [3.63, 3.8) is 0 Å². The summed E-state index contributed by atoms with van der Waals surface area (Å²) in [4.78, 5) is 14.1. The molecule has 0 amide bonds. The van der Waals surface area contributed by atoms with Gasteiger partial charge in [-0.3, -0.25) is 4.79 Å². The molecule has 1 heterocycles. The fourth-order valence-electron chi connectivity index (χ4n) is 1.26. The van der Waals surface area contributed by atoms with Gasteiger partial charge in [-0.1, -0.05) is 0 Å². The number of oxazole rings is 1. The number of aromatic nitrogens is 1. The van der Waals surface area contributed by atoms with Gasteiger partial charge >= 0.3 is 0 Å². The smallest absolute Gasteiger partial charge is 0.260 e. The lowest BCUT2D eigenvalue weighted by atomic mass is 10.4. The van der Waals surface area contributed by atoms with Crippen molar-refractivity contribution in [1.82, 2.24) is 4.98 Å². The van der Waals surface area contributed by atoms with Crippen LogP contribution in [0, 0.1) is 0 Å². The molecular weight excluding hydrogens is 130 g/mol. The maximum atomic E-state index is 10.2. The summed E-state index contributed by atoms with van der Waals surface area (Å²) >= 11 is 0. The molecule has 0 fully saturated rings. The number of aldehydes is 1. The van der Waals surface area contributed by atoms with Crippen LogP contribution in [0.25, 0.3) is 0 Å². The molecule has 0 aromatic carbocycles. The summed E-state index contributed by atoms with van der Waals surface area (Å²) in [7, 11) is 0. The Kier molecular flexibility index (Phi) is 1.09. The van der Waals surface area contributed by atoms with Crippen LogP contribution >= 0.6 is 0 Å². The first-order valence-electron chi connectivity index (χ1n) is 3.34. The Morgan fingerprint density at radius 1 is 1.50 bits per heavy atom. The zero-order valence-electron chi connectivity index (χ0n) is 5.46. The van der Waals surface area contributed by atoms with Crippen molar-refractivity contribution >= 4 is 6.29 Å². The Balaban J connectivity index is 2.46. The first-order chi connectivity index (χ1) is 4.90. The molecule has 0 aliphatic heterocycles. The highest BCUT2D eigenvalue weighted by atomic mass is 16.4. The standard InChI is InChI=1S/C7H7NO2/c9-4-7-8-5-2-1-3-6(5)10-7/h4H,1-3H2. The second kappa shape index (κ2) is 1.94. The van der Waals surface area contributed by atoms with E-state index in [1.165, 1.54) is 0 Å². The summed E-state index contributed by atoms with van der Waals surface area (Å²) in [6.45, 7) is 0. The van der Waals surface area contributed by atoms with E-state index in [1.54, 1.807) is 0 Å². The van der Waals surface area contributed by atoms with Crippen LogP contribution in [0.2, 0.25) is 0 Å². The minimum Gasteiger partial charge on any atom is -0.439 e. The third kappa shape index (κ3) is 0.667. The number of rotatable bonds is 1. The molecule has 0 unspecified atom stereocenters. The number of aryl methyl sites for hydroxylation is 2. The lowest BCUT2D eigenvalue weighted by Crippen LogP contribution is -1.81. The van der Waals surface area contributed by atoms with Gasteiger partial charge < -0.3 is 4.42 Å². The fourth-order valence-corrected chi connectivity index (χ4v) is 1.26. The minimum atomic E-state index is 0.227. The Morgan fingerprint density at radius 3 is 3.10 bits per heavy atom. The second-order valence-electron chi connectivity index (χ2n) is 2.39. The first-order valence-corrected chi connectivity index (χ1v) is 3.34. The molecule has 0 bridgehead atoms. The van der Waals surface area contributed by atoms with Gasteiger partial charge in [0.25, 0.3) is 5.89 Å². The summed E-state index contributed by atoms with van der Waals surface area (Å²) in [6, 6.07) is 0.